The molecule has 7 nitrogen and oxygen atoms in total. The van der Waals surface area contributed by atoms with E-state index in [1.165, 1.54) is 0 Å². The highest BCUT2D eigenvalue weighted by Crippen LogP contribution is 2.29. The zero-order chi connectivity index (χ0) is 16.6. The number of imidazole rings is 1. The van der Waals surface area contributed by atoms with Crippen molar-refractivity contribution in [2.24, 2.45) is 5.73 Å². The second-order valence-corrected chi connectivity index (χ2v) is 6.58. The van der Waals surface area contributed by atoms with Gasteiger partial charge in [0.2, 0.25) is 5.91 Å². The summed E-state index contributed by atoms with van der Waals surface area (Å²) < 4.78 is 11.0. The van der Waals surface area contributed by atoms with Gasteiger partial charge in [0.05, 0.1) is 11.0 Å². The summed E-state index contributed by atoms with van der Waals surface area (Å²) >= 11 is 0. The number of hydrogen-bond donors (Lipinski definition) is 3. The third-order valence-corrected chi connectivity index (χ3v) is 4.83. The monoisotopic (exact) mass is 330 g/mol. The first kappa shape index (κ1) is 15.6. The molecule has 0 aliphatic carbocycles. The summed E-state index contributed by atoms with van der Waals surface area (Å²) in [4.78, 5) is 20.4. The summed E-state index contributed by atoms with van der Waals surface area (Å²) in [6.07, 6.45) is 3.17. The largest absolute Gasteiger partial charge is 0.381 e. The van der Waals surface area contributed by atoms with E-state index in [0.717, 1.165) is 36.3 Å². The molecular formula is C17H22N4O3. The maximum Gasteiger partial charge on any atom is 0.244 e. The Morgan fingerprint density at radius 2 is 2.17 bits per heavy atom. The first-order valence-electron chi connectivity index (χ1n) is 8.43. The number of nitrogens with one attached hydrogen (secondary N) is 2. The van der Waals surface area contributed by atoms with Gasteiger partial charge in [-0.15, -0.1) is 0 Å². The highest BCUT2D eigenvalue weighted by molar-refractivity contribution is 5.99. The number of H-pyrrole nitrogens is 1. The van der Waals surface area contributed by atoms with Crippen molar-refractivity contribution in [1.29, 1.82) is 0 Å². The molecule has 0 saturated carbocycles. The average Bonchev–Trinajstić information content (AvgIpc) is 3.24. The Morgan fingerprint density at radius 1 is 1.33 bits per heavy atom. The van der Waals surface area contributed by atoms with Crippen LogP contribution in [0.2, 0.25) is 0 Å². The van der Waals surface area contributed by atoms with Crippen LogP contribution in [0.4, 0.5) is 5.69 Å². The quantitative estimate of drug-likeness (QED) is 0.797. The average molecular weight is 330 g/mol. The smallest absolute Gasteiger partial charge is 0.244 e. The Labute approximate surface area is 139 Å². The molecule has 2 fully saturated rings. The topological polar surface area (TPSA) is 102 Å². The Morgan fingerprint density at radius 3 is 2.92 bits per heavy atom. The van der Waals surface area contributed by atoms with Crippen LogP contribution in [0.3, 0.4) is 0 Å². The van der Waals surface area contributed by atoms with Crippen LogP contribution >= 0.6 is 0 Å². The predicted molar refractivity (Wildman–Crippen MR) is 89.6 cm³/mol. The lowest BCUT2D eigenvalue weighted by atomic mass is 9.90. The first-order chi connectivity index (χ1) is 11.6. The maximum atomic E-state index is 12.5. The Balaban J connectivity index is 1.53. The van der Waals surface area contributed by atoms with Crippen molar-refractivity contribution in [2.75, 3.05) is 25.1 Å². The molecule has 1 aromatic heterocycles. The summed E-state index contributed by atoms with van der Waals surface area (Å²) in [5.41, 5.74) is 7.83. The molecule has 0 bridgehead atoms. The van der Waals surface area contributed by atoms with E-state index in [4.69, 9.17) is 15.2 Å². The van der Waals surface area contributed by atoms with Crippen LogP contribution in [0.25, 0.3) is 11.0 Å². The molecule has 2 aliphatic rings. The van der Waals surface area contributed by atoms with Gasteiger partial charge in [0, 0.05) is 25.5 Å². The number of rotatable bonds is 3. The van der Waals surface area contributed by atoms with E-state index in [1.807, 2.05) is 18.2 Å². The van der Waals surface area contributed by atoms with E-state index < -0.39 is 5.54 Å². The number of hydrogen-bond acceptors (Lipinski definition) is 5. The van der Waals surface area contributed by atoms with E-state index in [1.54, 1.807) is 0 Å². The third-order valence-electron chi connectivity index (χ3n) is 4.83. The second-order valence-electron chi connectivity index (χ2n) is 6.58. The van der Waals surface area contributed by atoms with Crippen LogP contribution in [0.15, 0.2) is 18.2 Å². The SMILES string of the molecule is NC1(C(=O)Nc2ccc3nc(C4CCCO4)[nH]c3c2)CCOCC1. The van der Waals surface area contributed by atoms with Crippen molar-refractivity contribution in [1.82, 2.24) is 9.97 Å². The van der Waals surface area contributed by atoms with Crippen LogP contribution in [-0.2, 0) is 14.3 Å². The molecule has 1 amide bonds. The lowest BCUT2D eigenvalue weighted by Gasteiger charge is -2.31. The van der Waals surface area contributed by atoms with Gasteiger partial charge in [-0.2, -0.15) is 0 Å². The molecule has 0 radical (unpaired) electrons. The Kier molecular flexibility index (Phi) is 3.99. The first-order valence-corrected chi connectivity index (χ1v) is 8.43. The minimum absolute atomic E-state index is 0.0463. The minimum Gasteiger partial charge on any atom is -0.381 e. The second kappa shape index (κ2) is 6.16. The maximum absolute atomic E-state index is 12.5. The summed E-state index contributed by atoms with van der Waals surface area (Å²) in [6, 6.07) is 5.64. The number of nitrogens with two attached hydrogens (primary N) is 1. The number of anilines is 1. The Hall–Kier alpha value is -1.96. The fourth-order valence-corrected chi connectivity index (χ4v) is 3.27. The van der Waals surface area contributed by atoms with Crippen LogP contribution < -0.4 is 11.1 Å². The summed E-state index contributed by atoms with van der Waals surface area (Å²) in [6.45, 7) is 1.83. The van der Waals surface area contributed by atoms with Gasteiger partial charge in [-0.25, -0.2) is 4.98 Å². The van der Waals surface area contributed by atoms with Crippen molar-refractivity contribution >= 4 is 22.6 Å². The van der Waals surface area contributed by atoms with Gasteiger partial charge in [0.1, 0.15) is 17.5 Å². The van der Waals surface area contributed by atoms with Gasteiger partial charge in [0.25, 0.3) is 0 Å². The van der Waals surface area contributed by atoms with Gasteiger partial charge >= 0.3 is 0 Å². The van der Waals surface area contributed by atoms with Crippen LogP contribution in [0.5, 0.6) is 0 Å². The summed E-state index contributed by atoms with van der Waals surface area (Å²) in [5, 5.41) is 2.92. The molecule has 2 aliphatic heterocycles. The number of carbonyl (C=O) groups excluding carboxylic acids is 1. The number of carbonyl (C=O) groups is 1. The summed E-state index contributed by atoms with van der Waals surface area (Å²) in [5.74, 6) is 0.690. The number of ether oxygens (including phenoxy) is 2. The number of benzene rings is 1. The Bertz CT molecular complexity index is 745. The van der Waals surface area contributed by atoms with Crippen molar-refractivity contribution in [3.8, 4) is 0 Å². The van der Waals surface area contributed by atoms with Crippen molar-refractivity contribution in [3.05, 3.63) is 24.0 Å². The molecule has 4 rings (SSSR count). The highest BCUT2D eigenvalue weighted by Gasteiger charge is 2.36. The molecular weight excluding hydrogens is 308 g/mol. The van der Waals surface area contributed by atoms with Crippen LogP contribution in [-0.4, -0.2) is 41.2 Å². The number of nitrogens with zero attached hydrogens (tertiary/aromatic N) is 1. The standard InChI is InChI=1S/C17H22N4O3/c18-17(5-8-23-9-6-17)16(22)19-11-3-4-12-13(10-11)21-15(20-12)14-2-1-7-24-14/h3-4,10,14H,1-2,5-9,18H2,(H,19,22)(H,20,21). The van der Waals surface area contributed by atoms with Crippen molar-refractivity contribution in [3.63, 3.8) is 0 Å². The molecule has 24 heavy (non-hydrogen) atoms. The molecule has 0 spiro atoms. The lowest BCUT2D eigenvalue weighted by Crippen LogP contribution is -2.54. The molecule has 1 atom stereocenters. The van der Waals surface area contributed by atoms with Gasteiger partial charge in [-0.3, -0.25) is 4.79 Å². The summed E-state index contributed by atoms with van der Waals surface area (Å²) in [7, 11) is 0. The number of fused-ring (bicyclic) bond motifs is 1. The zero-order valence-corrected chi connectivity index (χ0v) is 13.5. The van der Waals surface area contributed by atoms with Crippen LogP contribution in [0, 0.1) is 0 Å². The normalized spacial score (nSPS) is 23.5. The van der Waals surface area contributed by atoms with E-state index >= 15 is 0 Å². The van der Waals surface area contributed by atoms with E-state index in [9.17, 15) is 4.79 Å². The predicted octanol–water partition coefficient (Wildman–Crippen LogP) is 1.86. The molecule has 128 valence electrons. The fraction of sp³-hybridized carbons (Fsp3) is 0.529. The third kappa shape index (κ3) is 2.90. The van der Waals surface area contributed by atoms with Crippen LogP contribution in [0.1, 0.15) is 37.6 Å². The highest BCUT2D eigenvalue weighted by atomic mass is 16.5. The minimum atomic E-state index is -0.857. The van der Waals surface area contributed by atoms with E-state index in [0.29, 0.717) is 31.7 Å². The van der Waals surface area contributed by atoms with E-state index in [-0.39, 0.29) is 12.0 Å². The molecule has 7 heteroatoms. The van der Waals surface area contributed by atoms with Gasteiger partial charge in [-0.1, -0.05) is 0 Å². The molecule has 2 saturated heterocycles. The number of aromatic nitrogens is 2. The van der Waals surface area contributed by atoms with Gasteiger partial charge in [0.15, 0.2) is 0 Å². The zero-order valence-electron chi connectivity index (χ0n) is 13.5. The number of amides is 1. The lowest BCUT2D eigenvalue weighted by molar-refractivity contribution is -0.124. The van der Waals surface area contributed by atoms with Crippen molar-refractivity contribution < 1.29 is 14.3 Å². The molecule has 2 aromatic rings. The molecule has 3 heterocycles. The molecule has 1 unspecified atom stereocenters. The fourth-order valence-electron chi connectivity index (χ4n) is 3.27. The molecule has 4 N–H and O–H groups in total. The van der Waals surface area contributed by atoms with E-state index in [2.05, 4.69) is 15.3 Å². The number of aromatic amines is 1. The molecule has 1 aromatic carbocycles. The van der Waals surface area contributed by atoms with Crippen molar-refractivity contribution in [2.45, 2.75) is 37.3 Å². The van der Waals surface area contributed by atoms with Gasteiger partial charge < -0.3 is 25.5 Å². The van der Waals surface area contributed by atoms with Gasteiger partial charge in [-0.05, 0) is 43.9 Å².